The van der Waals surface area contributed by atoms with E-state index in [2.05, 4.69) is 26.3 Å². The van der Waals surface area contributed by atoms with Crippen molar-refractivity contribution in [2.75, 3.05) is 32.8 Å². The van der Waals surface area contributed by atoms with Gasteiger partial charge in [0.25, 0.3) is 0 Å². The average Bonchev–Trinajstić information content (AvgIpc) is 3.46. The fourth-order valence-corrected chi connectivity index (χ4v) is 4.30. The van der Waals surface area contributed by atoms with Crippen LogP contribution in [-0.4, -0.2) is 120 Å². The van der Waals surface area contributed by atoms with Gasteiger partial charge < -0.3 is 59.3 Å². The summed E-state index contributed by atoms with van der Waals surface area (Å²) in [5.41, 5.74) is 21.8. The molecule has 244 valence electrons. The zero-order valence-electron chi connectivity index (χ0n) is 24.4. The van der Waals surface area contributed by atoms with Gasteiger partial charge in [-0.1, -0.05) is 0 Å². The van der Waals surface area contributed by atoms with Gasteiger partial charge in [-0.3, -0.25) is 29.0 Å². The van der Waals surface area contributed by atoms with Gasteiger partial charge in [0, 0.05) is 13.1 Å². The number of nitrogens with two attached hydrogens (primary N) is 4. The number of nitrogens with one attached hydrogen (secondary N) is 4. The summed E-state index contributed by atoms with van der Waals surface area (Å²) in [4.78, 5) is 79.6. The molecule has 1 rings (SSSR count). The number of nitrogens with zero attached hydrogens (tertiary/aromatic N) is 2. The predicted molar refractivity (Wildman–Crippen MR) is 155 cm³/mol. The summed E-state index contributed by atoms with van der Waals surface area (Å²) in [6.07, 6.45) is 2.81. The first kappa shape index (κ1) is 37.0. The second-order valence-corrected chi connectivity index (χ2v) is 10.2. The third-order valence-corrected chi connectivity index (χ3v) is 6.70. The minimum absolute atomic E-state index is 0.0859. The van der Waals surface area contributed by atoms with Crippen LogP contribution in [0.3, 0.4) is 0 Å². The number of aliphatic carboxylic acids is 1. The summed E-state index contributed by atoms with van der Waals surface area (Å²) in [6, 6.07) is -5.50. The second kappa shape index (κ2) is 19.2. The summed E-state index contributed by atoms with van der Waals surface area (Å²) >= 11 is 0. The Bertz CT molecular complexity index is 1010. The molecule has 18 nitrogen and oxygen atoms in total. The van der Waals surface area contributed by atoms with E-state index in [9.17, 15) is 39.0 Å². The maximum absolute atomic E-state index is 13.1. The summed E-state index contributed by atoms with van der Waals surface area (Å²) < 4.78 is 0. The molecule has 5 unspecified atom stereocenters. The van der Waals surface area contributed by atoms with Crippen molar-refractivity contribution in [1.82, 2.24) is 26.2 Å². The largest absolute Gasteiger partial charge is 0.480 e. The summed E-state index contributed by atoms with van der Waals surface area (Å²) in [6.45, 7) is 0.856. The van der Waals surface area contributed by atoms with Crippen molar-refractivity contribution in [3.05, 3.63) is 0 Å². The third kappa shape index (κ3) is 13.2. The fourth-order valence-electron chi connectivity index (χ4n) is 4.30. The van der Waals surface area contributed by atoms with Crippen LogP contribution in [0.5, 0.6) is 0 Å². The first-order valence-corrected chi connectivity index (χ1v) is 14.1. The van der Waals surface area contributed by atoms with E-state index in [0.717, 1.165) is 0 Å². The van der Waals surface area contributed by atoms with Crippen LogP contribution in [0, 0.1) is 0 Å². The molecule has 0 spiro atoms. The molecule has 1 aliphatic rings. The minimum Gasteiger partial charge on any atom is -0.480 e. The molecule has 0 aromatic heterocycles. The van der Waals surface area contributed by atoms with Crippen molar-refractivity contribution in [2.24, 2.45) is 27.9 Å². The average molecular weight is 615 g/mol. The van der Waals surface area contributed by atoms with E-state index in [1.165, 1.54) is 11.8 Å². The van der Waals surface area contributed by atoms with Crippen LogP contribution in [0.15, 0.2) is 4.99 Å². The van der Waals surface area contributed by atoms with Crippen LogP contribution in [0.4, 0.5) is 0 Å². The Hall–Kier alpha value is -4.03. The minimum atomic E-state index is -1.45. The van der Waals surface area contributed by atoms with Crippen molar-refractivity contribution in [3.8, 4) is 0 Å². The molecule has 5 atom stereocenters. The first-order valence-electron chi connectivity index (χ1n) is 14.1. The number of hydrogen-bond acceptors (Lipinski definition) is 10. The van der Waals surface area contributed by atoms with Gasteiger partial charge >= 0.3 is 5.97 Å². The summed E-state index contributed by atoms with van der Waals surface area (Å²) in [7, 11) is 0. The molecule has 5 amide bonds. The number of aliphatic imine (C=N–C) groups is 1. The summed E-state index contributed by atoms with van der Waals surface area (Å²) in [5.74, 6) is -4.78. The topological polar surface area (TPSA) is 311 Å². The number of guanidine groups is 1. The molecule has 1 saturated heterocycles. The Morgan fingerprint density at radius 1 is 0.953 bits per heavy atom. The quantitative estimate of drug-likeness (QED) is 0.0372. The van der Waals surface area contributed by atoms with Crippen LogP contribution in [0.1, 0.15) is 51.9 Å². The number of carboxylic acids is 1. The monoisotopic (exact) mass is 614 g/mol. The molecule has 1 heterocycles. The van der Waals surface area contributed by atoms with Crippen molar-refractivity contribution >= 4 is 41.5 Å². The van der Waals surface area contributed by atoms with Crippen molar-refractivity contribution < 1.29 is 39.0 Å². The number of unbranched alkanes of at least 4 members (excludes halogenated alkanes) is 1. The van der Waals surface area contributed by atoms with Gasteiger partial charge in [0.05, 0.1) is 19.2 Å². The van der Waals surface area contributed by atoms with Crippen molar-refractivity contribution in [1.29, 1.82) is 0 Å². The highest BCUT2D eigenvalue weighted by molar-refractivity contribution is 5.95. The van der Waals surface area contributed by atoms with Crippen LogP contribution < -0.4 is 44.2 Å². The number of carboxylic acid groups (broad SMARTS) is 1. The maximum Gasteiger partial charge on any atom is 0.326 e. The van der Waals surface area contributed by atoms with E-state index in [0.29, 0.717) is 38.6 Å². The highest BCUT2D eigenvalue weighted by Crippen LogP contribution is 2.19. The Balaban J connectivity index is 2.64. The number of likely N-dealkylation sites (tertiary alicyclic amines) is 1. The number of aliphatic hydroxyl groups excluding tert-OH is 1. The van der Waals surface area contributed by atoms with Gasteiger partial charge in [0.1, 0.15) is 24.2 Å². The third-order valence-electron chi connectivity index (χ3n) is 6.70. The first-order chi connectivity index (χ1) is 20.3. The normalized spacial score (nSPS) is 17.1. The van der Waals surface area contributed by atoms with E-state index in [4.69, 9.17) is 22.9 Å². The lowest BCUT2D eigenvalue weighted by Crippen LogP contribution is -2.57. The second-order valence-electron chi connectivity index (χ2n) is 10.2. The van der Waals surface area contributed by atoms with Crippen LogP contribution in [0.25, 0.3) is 0 Å². The van der Waals surface area contributed by atoms with E-state index in [1.807, 2.05) is 0 Å². The van der Waals surface area contributed by atoms with Crippen molar-refractivity contribution in [2.45, 2.75) is 82.1 Å². The molecule has 0 aliphatic carbocycles. The lowest BCUT2D eigenvalue weighted by Gasteiger charge is -2.27. The highest BCUT2D eigenvalue weighted by atomic mass is 16.4. The van der Waals surface area contributed by atoms with Gasteiger partial charge in [0.15, 0.2) is 5.96 Å². The number of carbonyl (C=O) groups is 6. The van der Waals surface area contributed by atoms with E-state index >= 15 is 0 Å². The number of rotatable bonds is 19. The lowest BCUT2D eigenvalue weighted by atomic mass is 10.1. The number of aliphatic hydroxyl groups is 1. The van der Waals surface area contributed by atoms with Gasteiger partial charge in [-0.05, 0) is 58.4 Å². The highest BCUT2D eigenvalue weighted by Gasteiger charge is 2.37. The van der Waals surface area contributed by atoms with Gasteiger partial charge in [-0.25, -0.2) is 4.79 Å². The number of hydrogen-bond donors (Lipinski definition) is 10. The fraction of sp³-hybridized carbons (Fsp3) is 0.720. The molecule has 18 heteroatoms. The number of carbonyl (C=O) groups excluding carboxylic acids is 5. The van der Waals surface area contributed by atoms with E-state index in [-0.39, 0.29) is 31.9 Å². The zero-order valence-corrected chi connectivity index (χ0v) is 24.4. The molecule has 0 aromatic rings. The molecular weight excluding hydrogens is 568 g/mol. The Labute approximate surface area is 249 Å². The van der Waals surface area contributed by atoms with E-state index < -0.39 is 78.9 Å². The lowest BCUT2D eigenvalue weighted by molar-refractivity contribution is -0.149. The Morgan fingerprint density at radius 3 is 2.26 bits per heavy atom. The van der Waals surface area contributed by atoms with Gasteiger partial charge in [-0.15, -0.1) is 0 Å². The molecule has 0 saturated carbocycles. The summed E-state index contributed by atoms with van der Waals surface area (Å²) in [5, 5.41) is 28.6. The van der Waals surface area contributed by atoms with Crippen LogP contribution in [0.2, 0.25) is 0 Å². The molecule has 1 fully saturated rings. The predicted octanol–water partition coefficient (Wildman–Crippen LogP) is -4.85. The SMILES string of the molecule is CC(NC(=O)C(N)CCCN=C(N)N)C(=O)NC(CO)C(=O)NCC(=O)NC(CCCCN)C(=O)N1CCCC1C(=O)O. The van der Waals surface area contributed by atoms with Gasteiger partial charge in [-0.2, -0.15) is 0 Å². The van der Waals surface area contributed by atoms with Gasteiger partial charge in [0.2, 0.25) is 29.5 Å². The Kier molecular flexibility index (Phi) is 16.5. The molecule has 0 bridgehead atoms. The molecule has 1 aliphatic heterocycles. The standard InChI is InChI=1S/C25H46N10O8/c1-14(32-21(39)15(27)6-4-10-30-25(28)29)20(38)34-17(13-36)22(40)31-12-19(37)33-16(7-2-3-9-26)23(41)35-11-5-8-18(35)24(42)43/h14-18,36H,2-13,26-27H2,1H3,(H,31,40)(H,32,39)(H,33,37)(H,34,38)(H,42,43)(H4,28,29,30). The zero-order chi connectivity index (χ0) is 32.5. The molecule has 0 aromatic carbocycles. The molecule has 14 N–H and O–H groups in total. The number of amides is 5. The van der Waals surface area contributed by atoms with Crippen molar-refractivity contribution in [3.63, 3.8) is 0 Å². The van der Waals surface area contributed by atoms with Crippen LogP contribution >= 0.6 is 0 Å². The molecule has 0 radical (unpaired) electrons. The smallest absolute Gasteiger partial charge is 0.326 e. The Morgan fingerprint density at radius 2 is 1.65 bits per heavy atom. The molecular formula is C25H46N10O8. The maximum atomic E-state index is 13.1. The van der Waals surface area contributed by atoms with E-state index in [1.54, 1.807) is 0 Å². The van der Waals surface area contributed by atoms with Crippen LogP contribution in [-0.2, 0) is 28.8 Å². The molecule has 43 heavy (non-hydrogen) atoms.